The van der Waals surface area contributed by atoms with Gasteiger partial charge in [0.1, 0.15) is 0 Å². The Labute approximate surface area is 96.5 Å². The van der Waals surface area contributed by atoms with Crippen molar-refractivity contribution in [2.45, 2.75) is 44.0 Å². The van der Waals surface area contributed by atoms with E-state index in [4.69, 9.17) is 5.26 Å². The Morgan fingerprint density at radius 2 is 2.12 bits per heavy atom. The second-order valence-electron chi connectivity index (χ2n) is 4.28. The summed E-state index contributed by atoms with van der Waals surface area (Å²) >= 11 is 0. The van der Waals surface area contributed by atoms with Crippen LogP contribution in [0.5, 0.6) is 0 Å². The zero-order valence-electron chi connectivity index (χ0n) is 9.39. The molecule has 92 valence electrons. The summed E-state index contributed by atoms with van der Waals surface area (Å²) in [4.78, 5) is 0. The largest absolute Gasteiger partial charge is 0.393 e. The van der Waals surface area contributed by atoms with E-state index < -0.39 is 21.4 Å². The van der Waals surface area contributed by atoms with Gasteiger partial charge in [0.05, 0.1) is 12.2 Å². The third-order valence-corrected chi connectivity index (χ3v) is 4.67. The minimum absolute atomic E-state index is 0.0191. The van der Waals surface area contributed by atoms with Crippen LogP contribution in [0.1, 0.15) is 32.6 Å². The van der Waals surface area contributed by atoms with E-state index in [1.54, 1.807) is 6.07 Å². The summed E-state index contributed by atoms with van der Waals surface area (Å²) < 4.78 is 25.4. The van der Waals surface area contributed by atoms with E-state index >= 15 is 0 Å². The minimum atomic E-state index is -3.56. The highest BCUT2D eigenvalue weighted by molar-refractivity contribution is 7.90. The molecule has 1 aliphatic rings. The molecule has 0 bridgehead atoms. The highest BCUT2D eigenvalue weighted by atomic mass is 32.2. The first kappa shape index (κ1) is 13.4. The first-order valence-electron chi connectivity index (χ1n) is 5.53. The standard InChI is InChI=1S/C10H18N2O3S/c1-8(6-11)16(14,15)12-7-9-4-2-3-5-10(9)13/h8-10,12-13H,2-5,7H2,1H3. The smallest absolute Gasteiger partial charge is 0.227 e. The van der Waals surface area contributed by atoms with Gasteiger partial charge >= 0.3 is 0 Å². The molecule has 3 unspecified atom stereocenters. The molecule has 0 aromatic heterocycles. The van der Waals surface area contributed by atoms with Crippen molar-refractivity contribution in [1.29, 1.82) is 5.26 Å². The normalized spacial score (nSPS) is 28.3. The molecule has 2 N–H and O–H groups in total. The van der Waals surface area contributed by atoms with Gasteiger partial charge in [0.2, 0.25) is 10.0 Å². The van der Waals surface area contributed by atoms with E-state index in [0.29, 0.717) is 0 Å². The fourth-order valence-corrected chi connectivity index (χ4v) is 2.68. The lowest BCUT2D eigenvalue weighted by Gasteiger charge is -2.27. The zero-order valence-corrected chi connectivity index (χ0v) is 10.2. The summed E-state index contributed by atoms with van der Waals surface area (Å²) in [6, 6.07) is 1.69. The Bertz CT molecular complexity index is 361. The van der Waals surface area contributed by atoms with Crippen LogP contribution in [0.25, 0.3) is 0 Å². The number of aliphatic hydroxyl groups excluding tert-OH is 1. The molecule has 1 saturated carbocycles. The summed E-state index contributed by atoms with van der Waals surface area (Å²) in [6.07, 6.45) is 3.18. The van der Waals surface area contributed by atoms with E-state index in [9.17, 15) is 13.5 Å². The lowest BCUT2D eigenvalue weighted by molar-refractivity contribution is 0.0724. The summed E-state index contributed by atoms with van der Waals surface area (Å²) in [5.74, 6) is -0.0191. The van der Waals surface area contributed by atoms with Gasteiger partial charge in [-0.05, 0) is 25.7 Å². The van der Waals surface area contributed by atoms with Crippen molar-refractivity contribution in [3.63, 3.8) is 0 Å². The Morgan fingerprint density at radius 1 is 1.50 bits per heavy atom. The Balaban J connectivity index is 2.48. The molecule has 1 fully saturated rings. The zero-order chi connectivity index (χ0) is 12.2. The molecule has 5 nitrogen and oxygen atoms in total. The van der Waals surface area contributed by atoms with Gasteiger partial charge in [-0.1, -0.05) is 12.8 Å². The van der Waals surface area contributed by atoms with Crippen molar-refractivity contribution in [1.82, 2.24) is 4.72 Å². The van der Waals surface area contributed by atoms with Crippen LogP contribution in [0.3, 0.4) is 0 Å². The number of hydrogen-bond donors (Lipinski definition) is 2. The Kier molecular flexibility index (Phi) is 4.71. The molecule has 0 aromatic carbocycles. The number of sulfonamides is 1. The van der Waals surface area contributed by atoms with Crippen LogP contribution in [0.4, 0.5) is 0 Å². The van der Waals surface area contributed by atoms with Gasteiger partial charge in [-0.15, -0.1) is 0 Å². The van der Waals surface area contributed by atoms with Crippen LogP contribution < -0.4 is 4.72 Å². The number of aliphatic hydroxyl groups is 1. The van der Waals surface area contributed by atoms with Crippen LogP contribution in [-0.2, 0) is 10.0 Å². The molecule has 3 atom stereocenters. The molecule has 16 heavy (non-hydrogen) atoms. The highest BCUT2D eigenvalue weighted by Gasteiger charge is 2.26. The summed E-state index contributed by atoms with van der Waals surface area (Å²) in [7, 11) is -3.56. The third kappa shape index (κ3) is 3.44. The van der Waals surface area contributed by atoms with Crippen LogP contribution in [0, 0.1) is 17.2 Å². The van der Waals surface area contributed by atoms with Crippen molar-refractivity contribution in [2.75, 3.05) is 6.54 Å². The Hall–Kier alpha value is -0.640. The van der Waals surface area contributed by atoms with Crippen molar-refractivity contribution in [3.05, 3.63) is 0 Å². The second-order valence-corrected chi connectivity index (χ2v) is 6.36. The van der Waals surface area contributed by atoms with Crippen molar-refractivity contribution in [3.8, 4) is 6.07 Å². The summed E-state index contributed by atoms with van der Waals surface area (Å²) in [5, 5.41) is 17.2. The van der Waals surface area contributed by atoms with Gasteiger partial charge in [0.25, 0.3) is 0 Å². The van der Waals surface area contributed by atoms with E-state index in [0.717, 1.165) is 25.7 Å². The van der Waals surface area contributed by atoms with E-state index in [-0.39, 0.29) is 12.5 Å². The third-order valence-electron chi connectivity index (χ3n) is 3.06. The molecule has 0 saturated heterocycles. The maximum Gasteiger partial charge on any atom is 0.227 e. The average molecular weight is 246 g/mol. The fraction of sp³-hybridized carbons (Fsp3) is 0.900. The summed E-state index contributed by atoms with van der Waals surface area (Å²) in [6.45, 7) is 1.58. The summed E-state index contributed by atoms with van der Waals surface area (Å²) in [5.41, 5.74) is 0. The molecule has 0 aliphatic heterocycles. The van der Waals surface area contributed by atoms with E-state index in [2.05, 4.69) is 4.72 Å². The number of nitrogens with zero attached hydrogens (tertiary/aromatic N) is 1. The molecule has 1 rings (SSSR count). The molecule has 1 aliphatic carbocycles. The van der Waals surface area contributed by atoms with Gasteiger partial charge in [0.15, 0.2) is 5.25 Å². The van der Waals surface area contributed by atoms with E-state index in [1.807, 2.05) is 0 Å². The van der Waals surface area contributed by atoms with Gasteiger partial charge in [-0.25, -0.2) is 13.1 Å². The number of hydrogen-bond acceptors (Lipinski definition) is 4. The lowest BCUT2D eigenvalue weighted by Crippen LogP contribution is -2.39. The van der Waals surface area contributed by atoms with Crippen LogP contribution in [-0.4, -0.2) is 31.4 Å². The van der Waals surface area contributed by atoms with Crippen LogP contribution >= 0.6 is 0 Å². The predicted molar refractivity (Wildman–Crippen MR) is 60.0 cm³/mol. The first-order valence-corrected chi connectivity index (χ1v) is 7.08. The molecular weight excluding hydrogens is 228 g/mol. The lowest BCUT2D eigenvalue weighted by atomic mass is 9.87. The van der Waals surface area contributed by atoms with E-state index in [1.165, 1.54) is 6.92 Å². The molecule has 0 aromatic rings. The number of nitrogens with one attached hydrogen (secondary N) is 1. The molecule has 0 radical (unpaired) electrons. The maximum atomic E-state index is 11.5. The van der Waals surface area contributed by atoms with Crippen LogP contribution in [0.15, 0.2) is 0 Å². The molecule has 0 amide bonds. The predicted octanol–water partition coefficient (Wildman–Crippen LogP) is 0.369. The fourth-order valence-electron chi connectivity index (χ4n) is 1.84. The van der Waals surface area contributed by atoms with Gasteiger partial charge < -0.3 is 5.11 Å². The monoisotopic (exact) mass is 246 g/mol. The van der Waals surface area contributed by atoms with Gasteiger partial charge in [-0.3, -0.25) is 0 Å². The van der Waals surface area contributed by atoms with Crippen molar-refractivity contribution >= 4 is 10.0 Å². The SMILES string of the molecule is CC(C#N)S(=O)(=O)NCC1CCCCC1O. The maximum absolute atomic E-state index is 11.5. The topological polar surface area (TPSA) is 90.2 Å². The van der Waals surface area contributed by atoms with Gasteiger partial charge in [-0.2, -0.15) is 5.26 Å². The van der Waals surface area contributed by atoms with Crippen molar-refractivity contribution in [2.24, 2.45) is 5.92 Å². The highest BCUT2D eigenvalue weighted by Crippen LogP contribution is 2.23. The molecule has 0 heterocycles. The number of rotatable bonds is 4. The first-order chi connectivity index (χ1) is 7.47. The number of nitriles is 1. The van der Waals surface area contributed by atoms with Crippen LogP contribution in [0.2, 0.25) is 0 Å². The quantitative estimate of drug-likeness (QED) is 0.749. The molecule has 0 spiro atoms. The van der Waals surface area contributed by atoms with Crippen molar-refractivity contribution < 1.29 is 13.5 Å². The minimum Gasteiger partial charge on any atom is -0.393 e. The molecular formula is C10H18N2O3S. The Morgan fingerprint density at radius 3 is 2.69 bits per heavy atom. The second kappa shape index (κ2) is 5.62. The van der Waals surface area contributed by atoms with Gasteiger partial charge in [0, 0.05) is 6.54 Å². The molecule has 6 heteroatoms. The average Bonchev–Trinajstić information content (AvgIpc) is 2.27.